The van der Waals surface area contributed by atoms with E-state index in [0.29, 0.717) is 94.6 Å². The average Bonchev–Trinajstić information content (AvgIpc) is 1.51. The summed E-state index contributed by atoms with van der Waals surface area (Å²) in [6.45, 7) is 2.86. The topological polar surface area (TPSA) is 564 Å². The van der Waals surface area contributed by atoms with E-state index in [4.69, 9.17) is 63.3 Å². The minimum Gasteiger partial charge on any atom is -0.494 e. The number of hydrogen-bond donors (Lipinski definition) is 12. The Balaban J connectivity index is 1.13. The second kappa shape index (κ2) is 76.5. The van der Waals surface area contributed by atoms with Crippen LogP contribution in [0.2, 0.25) is 0 Å². The number of aliphatic carboxylic acids is 3. The number of nitrogens with one attached hydrogen (secondary N) is 6. The summed E-state index contributed by atoms with van der Waals surface area (Å²) in [5.41, 5.74) is 7.23. The molecular formula is C94H146N8O30. The van der Waals surface area contributed by atoms with Crippen molar-refractivity contribution in [2.45, 2.75) is 243 Å². The number of imidazole rings is 1. The summed E-state index contributed by atoms with van der Waals surface area (Å²) >= 11 is 0. The van der Waals surface area contributed by atoms with Gasteiger partial charge in [-0.15, -0.1) is 0 Å². The maximum atomic E-state index is 13.8. The van der Waals surface area contributed by atoms with Gasteiger partial charge in [0.25, 0.3) is 0 Å². The van der Waals surface area contributed by atoms with E-state index in [-0.39, 0.29) is 273 Å². The van der Waals surface area contributed by atoms with Crippen LogP contribution in [0.25, 0.3) is 0 Å². The average molecular weight is 1870 g/mol. The number of carbonyl (C=O) groups is 15. The molecule has 0 fully saturated rings. The third kappa shape index (κ3) is 63.3. The van der Waals surface area contributed by atoms with E-state index < -0.39 is 71.4 Å². The van der Waals surface area contributed by atoms with Gasteiger partial charge in [-0.25, -0.2) is 14.6 Å². The molecule has 13 N–H and O–H groups in total. The number of benzene rings is 2. The summed E-state index contributed by atoms with van der Waals surface area (Å²) in [6.07, 6.45) is 21.8. The van der Waals surface area contributed by atoms with Crippen molar-refractivity contribution >= 4 is 88.2 Å². The first-order valence-corrected chi connectivity index (χ1v) is 46.7. The van der Waals surface area contributed by atoms with Gasteiger partial charge in [-0.05, 0) is 132 Å². The first kappa shape index (κ1) is 116. The van der Waals surface area contributed by atoms with Gasteiger partial charge in [0.1, 0.15) is 55.3 Å². The predicted molar refractivity (Wildman–Crippen MR) is 483 cm³/mol. The van der Waals surface area contributed by atoms with Gasteiger partial charge in [0.05, 0.1) is 133 Å². The van der Waals surface area contributed by atoms with Gasteiger partial charge in [0.2, 0.25) is 23.6 Å². The standard InChI is InChI=1S/C94H146N8O30/c95-82(62-75-63-96-69-102-75)85(108)64-101-83(28-16-18-42-98-88(111)66-128-56-52-124-46-22-27-79(106)65-127-55-53-125-49-43-99-86(109)40-34-74(94(121)122)60-78(105)25-14-10-6-2-4-8-12-20-48-132-81-38-32-71(33-39-81)91(115)116)84(107)61-72(92(117)118)23-15-17-41-97-87(110)67-130-58-54-126-50-44-100-89(112)68-129-57-51-123-45-21-26-76(103)35-29-73(93(119)120)59-77(104)24-13-9-5-1-3-7-11-19-47-131-80-36-30-70(31-37-80)90(113)114/h30-33,36-39,63,69,72-74,82-83,101H,1-29,34-35,40-62,64-68,95H2,(H,96,102)(H,97,110)(H,98,111)(H,99,109)(H,100,112)(H,113,114)(H,115,116)(H,117,118)(H,119,120)(H,121,122)/t72-,73-,74+,82-,83-/m0/s1. The smallest absolute Gasteiger partial charge is 0.335 e. The van der Waals surface area contributed by atoms with Crippen molar-refractivity contribution in [2.24, 2.45) is 23.5 Å². The Hall–Kier alpha value is -9.90. The number of nitrogens with zero attached hydrogens (tertiary/aromatic N) is 1. The molecular weight excluding hydrogens is 1720 g/mol. The predicted octanol–water partition coefficient (Wildman–Crippen LogP) is 8.56. The largest absolute Gasteiger partial charge is 0.494 e. The number of rotatable bonds is 92. The molecule has 3 rings (SSSR count). The second-order valence-electron chi connectivity index (χ2n) is 32.5. The Morgan fingerprint density at radius 3 is 1.15 bits per heavy atom. The molecule has 1 heterocycles. The van der Waals surface area contributed by atoms with Crippen LogP contribution in [0.4, 0.5) is 0 Å². The SMILES string of the molecule is N[C@@H](Cc1cnc[nH]1)C(=O)CN[C@@H](CCCCNC(=O)COCCOCCCC(=O)COCCOCCNC(=O)CC[C@H](CC(=O)CCCCCCCCCCOc1ccc(C(=O)O)cc1)C(=O)O)C(=O)C[C@H](CCCCNC(=O)COCCOCCNC(=O)COCCOCCCC(=O)CC[C@@H](CC(=O)CCCCCCCCCCOc1ccc(C(=O)O)cc1)C(=O)O)C(=O)O. The van der Waals surface area contributed by atoms with E-state index >= 15 is 0 Å². The van der Waals surface area contributed by atoms with Gasteiger partial charge in [0, 0.05) is 115 Å². The maximum absolute atomic E-state index is 13.8. The molecule has 38 heteroatoms. The Morgan fingerprint density at radius 2 is 0.712 bits per heavy atom. The number of ether oxygens (including phenoxy) is 10. The van der Waals surface area contributed by atoms with Crippen LogP contribution in [-0.4, -0.2) is 287 Å². The summed E-state index contributed by atoms with van der Waals surface area (Å²) in [5.74, 6) is -9.79. The molecule has 1 aromatic heterocycles. The minimum absolute atomic E-state index is 0.0315. The molecule has 0 aliphatic heterocycles. The zero-order valence-corrected chi connectivity index (χ0v) is 76.8. The highest BCUT2D eigenvalue weighted by molar-refractivity contribution is 5.91. The molecule has 2 aromatic carbocycles. The summed E-state index contributed by atoms with van der Waals surface area (Å²) < 4.78 is 54.9. The molecule has 3 aromatic rings. The molecule has 0 aliphatic carbocycles. The number of Topliss-reactive ketones (excluding diaryl/α,β-unsaturated/α-hetero) is 6. The molecule has 0 aliphatic rings. The van der Waals surface area contributed by atoms with E-state index in [2.05, 4.69) is 36.6 Å². The highest BCUT2D eigenvalue weighted by atomic mass is 16.5. The lowest BCUT2D eigenvalue weighted by Crippen LogP contribution is -2.45. The van der Waals surface area contributed by atoms with Crippen LogP contribution in [0.15, 0.2) is 61.1 Å². The normalized spacial score (nSPS) is 12.4. The van der Waals surface area contributed by atoms with Crippen LogP contribution < -0.4 is 41.8 Å². The summed E-state index contributed by atoms with van der Waals surface area (Å²) in [7, 11) is 0. The molecule has 5 atom stereocenters. The summed E-state index contributed by atoms with van der Waals surface area (Å²) in [6, 6.07) is 10.8. The van der Waals surface area contributed by atoms with Gasteiger partial charge >= 0.3 is 29.8 Å². The monoisotopic (exact) mass is 1870 g/mol. The van der Waals surface area contributed by atoms with Crippen LogP contribution in [0.5, 0.6) is 11.5 Å². The van der Waals surface area contributed by atoms with Crippen molar-refractivity contribution in [3.05, 3.63) is 77.9 Å². The Labute approximate surface area is 773 Å². The van der Waals surface area contributed by atoms with E-state index in [1.165, 1.54) is 30.6 Å². The Bertz CT molecular complexity index is 3760. The van der Waals surface area contributed by atoms with Crippen molar-refractivity contribution < 1.29 is 145 Å². The first-order chi connectivity index (χ1) is 63.8. The fourth-order valence-electron chi connectivity index (χ4n) is 13.6. The van der Waals surface area contributed by atoms with Crippen LogP contribution in [0.1, 0.15) is 251 Å². The van der Waals surface area contributed by atoms with Crippen molar-refractivity contribution in [3.8, 4) is 11.5 Å². The van der Waals surface area contributed by atoms with Crippen molar-refractivity contribution in [1.29, 1.82) is 0 Å². The molecule has 0 unspecified atom stereocenters. The summed E-state index contributed by atoms with van der Waals surface area (Å²) in [4.78, 5) is 191. The van der Waals surface area contributed by atoms with E-state index in [9.17, 15) is 87.2 Å². The molecule has 4 amide bonds. The van der Waals surface area contributed by atoms with Gasteiger partial charge in [-0.2, -0.15) is 0 Å². The highest BCUT2D eigenvalue weighted by Crippen LogP contribution is 2.22. The number of carboxylic acid groups (broad SMARTS) is 5. The van der Waals surface area contributed by atoms with Crippen LogP contribution >= 0.6 is 0 Å². The molecule has 0 saturated heterocycles. The maximum Gasteiger partial charge on any atom is 0.335 e. The molecule has 742 valence electrons. The first-order valence-electron chi connectivity index (χ1n) is 46.7. The Kier molecular flexibility index (Phi) is 67.4. The number of aromatic carboxylic acids is 2. The number of aromatic nitrogens is 2. The number of unbranched alkanes of at least 4 members (excludes halogenated alkanes) is 16. The minimum atomic E-state index is -1.17. The molecule has 0 radical (unpaired) electrons. The second-order valence-corrected chi connectivity index (χ2v) is 32.5. The number of nitrogens with two attached hydrogens (primary N) is 1. The van der Waals surface area contributed by atoms with E-state index in [1.807, 2.05) is 0 Å². The van der Waals surface area contributed by atoms with Gasteiger partial charge in [-0.1, -0.05) is 83.5 Å². The van der Waals surface area contributed by atoms with Crippen LogP contribution in [0, 0.1) is 17.8 Å². The fraction of sp³-hybridized carbons (Fsp3) is 0.681. The molecule has 38 nitrogen and oxygen atoms in total. The Morgan fingerprint density at radius 1 is 0.333 bits per heavy atom. The van der Waals surface area contributed by atoms with Crippen molar-refractivity contribution in [2.75, 3.05) is 152 Å². The third-order valence-corrected chi connectivity index (χ3v) is 21.3. The zero-order valence-electron chi connectivity index (χ0n) is 76.8. The lowest BCUT2D eigenvalue weighted by atomic mass is 9.91. The highest BCUT2D eigenvalue weighted by Gasteiger charge is 2.29. The summed E-state index contributed by atoms with van der Waals surface area (Å²) in [5, 5.41) is 61.3. The molecule has 0 spiro atoms. The number of ketones is 6. The van der Waals surface area contributed by atoms with Gasteiger partial charge < -0.3 is 110 Å². The zero-order chi connectivity index (χ0) is 96.2. The van der Waals surface area contributed by atoms with E-state index in [1.54, 1.807) is 30.5 Å². The molecule has 132 heavy (non-hydrogen) atoms. The third-order valence-electron chi connectivity index (χ3n) is 21.3. The lowest BCUT2D eigenvalue weighted by molar-refractivity contribution is -0.144. The fourth-order valence-corrected chi connectivity index (χ4v) is 13.6. The van der Waals surface area contributed by atoms with Crippen LogP contribution in [0.3, 0.4) is 0 Å². The number of aromatic amines is 1. The number of H-pyrrole nitrogens is 1. The number of hydrogen-bond acceptors (Lipinski definition) is 28. The van der Waals surface area contributed by atoms with Gasteiger partial charge in [-0.3, -0.25) is 62.3 Å². The lowest BCUT2D eigenvalue weighted by Gasteiger charge is -2.21. The van der Waals surface area contributed by atoms with Crippen LogP contribution in [-0.2, 0) is 107 Å². The molecule has 0 saturated carbocycles. The number of amides is 4. The van der Waals surface area contributed by atoms with E-state index in [0.717, 1.165) is 89.9 Å². The quantitative estimate of drug-likeness (QED) is 0.0235. The number of carboxylic acids is 5. The van der Waals surface area contributed by atoms with Gasteiger partial charge in [0.15, 0.2) is 17.3 Å². The number of carbonyl (C=O) groups excluding carboxylic acids is 10. The van der Waals surface area contributed by atoms with Crippen molar-refractivity contribution in [1.82, 2.24) is 36.6 Å². The molecule has 0 bridgehead atoms. The van der Waals surface area contributed by atoms with Crippen molar-refractivity contribution in [3.63, 3.8) is 0 Å².